The van der Waals surface area contributed by atoms with Gasteiger partial charge < -0.3 is 25.3 Å². The first-order valence-corrected chi connectivity index (χ1v) is 16.0. The molecule has 0 radical (unpaired) electrons. The number of hydrogen-bond acceptors (Lipinski definition) is 9. The van der Waals surface area contributed by atoms with Gasteiger partial charge in [-0.05, 0) is 93.6 Å². The predicted octanol–water partition coefficient (Wildman–Crippen LogP) is 4.86. The van der Waals surface area contributed by atoms with Crippen LogP contribution in [0.2, 0.25) is 0 Å². The van der Waals surface area contributed by atoms with E-state index in [-0.39, 0.29) is 11.9 Å². The van der Waals surface area contributed by atoms with Crippen LogP contribution in [0.5, 0.6) is 0 Å². The summed E-state index contributed by atoms with van der Waals surface area (Å²) in [5.41, 5.74) is 5.12. The molecule has 218 valence electrons. The van der Waals surface area contributed by atoms with Gasteiger partial charge in [0.05, 0.1) is 10.4 Å². The van der Waals surface area contributed by atoms with Crippen LogP contribution in [0.1, 0.15) is 45.8 Å². The van der Waals surface area contributed by atoms with Crippen molar-refractivity contribution in [3.05, 3.63) is 64.0 Å². The van der Waals surface area contributed by atoms with Crippen LogP contribution in [-0.2, 0) is 12.8 Å². The summed E-state index contributed by atoms with van der Waals surface area (Å²) in [7, 11) is 2.18. The molecule has 3 aromatic heterocycles. The lowest BCUT2D eigenvalue weighted by Crippen LogP contribution is -2.48. The Hall–Kier alpha value is -3.76. The van der Waals surface area contributed by atoms with Crippen LogP contribution in [0.25, 0.3) is 11.0 Å². The molecule has 2 fully saturated rings. The van der Waals surface area contributed by atoms with Gasteiger partial charge in [0.2, 0.25) is 5.95 Å². The van der Waals surface area contributed by atoms with Crippen molar-refractivity contribution in [2.24, 2.45) is 0 Å². The van der Waals surface area contributed by atoms with E-state index in [1.807, 2.05) is 12.1 Å². The van der Waals surface area contributed by atoms with Crippen molar-refractivity contribution < 1.29 is 4.79 Å². The minimum Gasteiger partial charge on any atom is -0.369 e. The maximum atomic E-state index is 13.2. The lowest BCUT2D eigenvalue weighted by molar-refractivity contribution is 0.0937. The molecule has 5 heterocycles. The third-order valence-electron chi connectivity index (χ3n) is 8.70. The molecule has 2 saturated heterocycles. The summed E-state index contributed by atoms with van der Waals surface area (Å²) in [6.07, 6.45) is 8.36. The topological polar surface area (TPSA) is 89.5 Å². The highest BCUT2D eigenvalue weighted by atomic mass is 32.1. The van der Waals surface area contributed by atoms with E-state index in [1.165, 1.54) is 29.0 Å². The quantitative estimate of drug-likeness (QED) is 0.333. The summed E-state index contributed by atoms with van der Waals surface area (Å²) in [6, 6.07) is 14.6. The Morgan fingerprint density at radius 2 is 1.79 bits per heavy atom. The number of piperidine rings is 1. The lowest BCUT2D eigenvalue weighted by atomic mass is 9.99. The molecule has 2 aliphatic heterocycles. The first-order valence-electron chi connectivity index (χ1n) is 15.2. The highest BCUT2D eigenvalue weighted by molar-refractivity contribution is 7.14. The minimum atomic E-state index is 0.0484. The van der Waals surface area contributed by atoms with E-state index in [0.717, 1.165) is 80.0 Å². The zero-order valence-corrected chi connectivity index (χ0v) is 25.0. The Morgan fingerprint density at radius 1 is 0.952 bits per heavy atom. The standard InChI is InChI=1S/C32H38N8OS/c1-38-16-18-39(19-17-38)25-12-10-23(11-13-25)34-30-29-26(8-4-14-33-29)36-32(37-30)40-15-5-7-24(21-40)35-31(41)28-20-22-6-2-3-9-27(22)42-28/h4,8,10-14,20,24H,2-3,5-7,9,15-19,21H2,1H3,(H,35,41)(H,34,36,37)/t24-/m1/s1. The second-order valence-corrected chi connectivity index (χ2v) is 12.9. The van der Waals surface area contributed by atoms with Crippen molar-refractivity contribution in [2.45, 2.75) is 44.6 Å². The number of thiophene rings is 1. The van der Waals surface area contributed by atoms with Crippen LogP contribution in [0, 0.1) is 0 Å². The largest absolute Gasteiger partial charge is 0.369 e. The van der Waals surface area contributed by atoms with E-state index < -0.39 is 0 Å². The fourth-order valence-corrected chi connectivity index (χ4v) is 7.43. The molecule has 1 amide bonds. The molecule has 1 atom stereocenters. The van der Waals surface area contributed by atoms with Gasteiger partial charge in [-0.15, -0.1) is 11.3 Å². The number of nitrogens with zero attached hydrogens (tertiary/aromatic N) is 6. The third kappa shape index (κ3) is 5.78. The van der Waals surface area contributed by atoms with E-state index in [2.05, 4.69) is 67.7 Å². The normalized spacial score (nSPS) is 19.5. The molecule has 3 aliphatic rings. The molecule has 10 heteroatoms. The number of aromatic nitrogens is 3. The van der Waals surface area contributed by atoms with Gasteiger partial charge in [-0.3, -0.25) is 9.78 Å². The van der Waals surface area contributed by atoms with Crippen LogP contribution in [0.4, 0.5) is 23.1 Å². The van der Waals surface area contributed by atoms with Crippen molar-refractivity contribution >= 4 is 51.4 Å². The molecule has 4 aromatic rings. The molecule has 0 spiro atoms. The maximum Gasteiger partial charge on any atom is 0.261 e. The van der Waals surface area contributed by atoms with Gasteiger partial charge >= 0.3 is 0 Å². The van der Waals surface area contributed by atoms with Crippen molar-refractivity contribution in [3.63, 3.8) is 0 Å². The number of fused-ring (bicyclic) bond motifs is 2. The Balaban J connectivity index is 1.07. The summed E-state index contributed by atoms with van der Waals surface area (Å²) >= 11 is 1.67. The molecular weight excluding hydrogens is 544 g/mol. The smallest absolute Gasteiger partial charge is 0.261 e. The summed E-state index contributed by atoms with van der Waals surface area (Å²) in [6.45, 7) is 5.78. The average Bonchev–Trinajstić information content (AvgIpc) is 3.47. The number of hydrogen-bond donors (Lipinski definition) is 2. The Morgan fingerprint density at radius 3 is 2.62 bits per heavy atom. The highest BCUT2D eigenvalue weighted by Crippen LogP contribution is 2.31. The molecule has 0 unspecified atom stereocenters. The summed E-state index contributed by atoms with van der Waals surface area (Å²) < 4.78 is 0. The molecule has 0 saturated carbocycles. The zero-order valence-electron chi connectivity index (χ0n) is 24.2. The van der Waals surface area contributed by atoms with Gasteiger partial charge in [-0.1, -0.05) is 0 Å². The molecule has 7 rings (SSSR count). The fraction of sp³-hybridized carbons (Fsp3) is 0.438. The number of likely N-dealkylation sites (N-methyl/N-ethyl adjacent to an activating group) is 1. The molecule has 42 heavy (non-hydrogen) atoms. The van der Waals surface area contributed by atoms with Crippen molar-refractivity contribution in [3.8, 4) is 0 Å². The van der Waals surface area contributed by atoms with Crippen LogP contribution in [-0.4, -0.2) is 78.1 Å². The third-order valence-corrected chi connectivity index (χ3v) is 9.94. The predicted molar refractivity (Wildman–Crippen MR) is 170 cm³/mol. The molecular formula is C32H38N8OS. The first kappa shape index (κ1) is 27.1. The number of carbonyl (C=O) groups is 1. The van der Waals surface area contributed by atoms with Crippen molar-refractivity contribution in [2.75, 3.05) is 61.4 Å². The SMILES string of the molecule is CN1CCN(c2ccc(Nc3nc(N4CCC[C@@H](NC(=O)c5cc6c(s5)CCCC6)C4)nc4cccnc34)cc2)CC1. The number of anilines is 4. The van der Waals surface area contributed by atoms with Crippen LogP contribution >= 0.6 is 11.3 Å². The molecule has 0 bridgehead atoms. The molecule has 2 N–H and O–H groups in total. The number of benzene rings is 1. The van der Waals surface area contributed by atoms with Gasteiger partial charge in [0, 0.05) is 67.8 Å². The van der Waals surface area contributed by atoms with Crippen LogP contribution < -0.4 is 20.4 Å². The number of piperazine rings is 1. The van der Waals surface area contributed by atoms with Gasteiger partial charge in [0.15, 0.2) is 5.82 Å². The zero-order chi connectivity index (χ0) is 28.5. The van der Waals surface area contributed by atoms with Crippen molar-refractivity contribution in [1.82, 2.24) is 25.2 Å². The van der Waals surface area contributed by atoms with Gasteiger partial charge in [-0.25, -0.2) is 4.98 Å². The number of amides is 1. The molecule has 9 nitrogen and oxygen atoms in total. The van der Waals surface area contributed by atoms with Crippen LogP contribution in [0.3, 0.4) is 0 Å². The number of carbonyl (C=O) groups excluding carboxylic acids is 1. The fourth-order valence-electron chi connectivity index (χ4n) is 6.28. The monoisotopic (exact) mass is 582 g/mol. The Bertz CT molecular complexity index is 1540. The van der Waals surface area contributed by atoms with Gasteiger partial charge in [-0.2, -0.15) is 4.98 Å². The molecule has 1 aliphatic carbocycles. The van der Waals surface area contributed by atoms with E-state index >= 15 is 0 Å². The lowest BCUT2D eigenvalue weighted by Gasteiger charge is -2.34. The Kier molecular flexibility index (Phi) is 7.65. The van der Waals surface area contributed by atoms with Crippen molar-refractivity contribution in [1.29, 1.82) is 0 Å². The number of aryl methyl sites for hydroxylation is 2. The summed E-state index contributed by atoms with van der Waals surface area (Å²) in [5.74, 6) is 1.41. The second kappa shape index (κ2) is 11.9. The number of rotatable bonds is 6. The van der Waals surface area contributed by atoms with E-state index in [9.17, 15) is 4.79 Å². The molecule has 1 aromatic carbocycles. The summed E-state index contributed by atoms with van der Waals surface area (Å²) in [5, 5.41) is 6.83. The minimum absolute atomic E-state index is 0.0484. The maximum absolute atomic E-state index is 13.2. The second-order valence-electron chi connectivity index (χ2n) is 11.7. The summed E-state index contributed by atoms with van der Waals surface area (Å²) in [4.78, 5) is 36.9. The average molecular weight is 583 g/mol. The first-order chi connectivity index (χ1) is 20.6. The van der Waals surface area contributed by atoms with Gasteiger partial charge in [0.25, 0.3) is 5.91 Å². The van der Waals surface area contributed by atoms with Crippen LogP contribution in [0.15, 0.2) is 48.7 Å². The number of pyridine rings is 1. The van der Waals surface area contributed by atoms with E-state index in [4.69, 9.17) is 9.97 Å². The number of nitrogens with one attached hydrogen (secondary N) is 2. The van der Waals surface area contributed by atoms with E-state index in [0.29, 0.717) is 18.3 Å². The van der Waals surface area contributed by atoms with Gasteiger partial charge in [0.1, 0.15) is 5.52 Å². The Labute approximate surface area is 251 Å². The highest BCUT2D eigenvalue weighted by Gasteiger charge is 2.26. The van der Waals surface area contributed by atoms with E-state index in [1.54, 1.807) is 17.5 Å².